The van der Waals surface area contributed by atoms with Crippen LogP contribution >= 0.6 is 0 Å². The molecule has 0 unspecified atom stereocenters. The van der Waals surface area contributed by atoms with Crippen LogP contribution in [0.1, 0.15) is 18.3 Å². The number of nitrogens with one attached hydrogen (secondary N) is 1. The van der Waals surface area contributed by atoms with Gasteiger partial charge in [0.05, 0.1) is 5.69 Å². The van der Waals surface area contributed by atoms with Crippen LogP contribution in [0.3, 0.4) is 0 Å². The summed E-state index contributed by atoms with van der Waals surface area (Å²) in [5.41, 5.74) is -0.0417. The molecule has 3 nitrogen and oxygen atoms in total. The Bertz CT molecular complexity index is 225. The number of hydrogen-bond donors (Lipinski definition) is 1. The lowest BCUT2D eigenvalue weighted by Crippen LogP contribution is -2.09. The smallest absolute Gasteiger partial charge is 0.200 e. The lowest BCUT2D eigenvalue weighted by Gasteiger charge is -2.04. The molecule has 0 saturated carbocycles. The first-order valence-corrected chi connectivity index (χ1v) is 2.77. The SMILES string of the molecule is Cc1n[nH]nc1C(C)(F)F. The van der Waals surface area contributed by atoms with Crippen LogP contribution in [-0.2, 0) is 5.92 Å². The van der Waals surface area contributed by atoms with Gasteiger partial charge in [-0.25, -0.2) is 0 Å². The molecule has 0 amide bonds. The Labute approximate surface area is 56.4 Å². The maximum absolute atomic E-state index is 12.4. The summed E-state index contributed by atoms with van der Waals surface area (Å²) in [5, 5.41) is 8.89. The van der Waals surface area contributed by atoms with Gasteiger partial charge in [-0.1, -0.05) is 0 Å². The number of aromatic amines is 1. The zero-order chi connectivity index (χ0) is 7.78. The first kappa shape index (κ1) is 7.11. The predicted molar refractivity (Wildman–Crippen MR) is 30.7 cm³/mol. The molecule has 0 radical (unpaired) electrons. The maximum Gasteiger partial charge on any atom is 0.290 e. The molecule has 0 aliphatic heterocycles. The van der Waals surface area contributed by atoms with Crippen molar-refractivity contribution in [1.29, 1.82) is 0 Å². The van der Waals surface area contributed by atoms with E-state index >= 15 is 0 Å². The molecule has 1 rings (SSSR count). The minimum absolute atomic E-state index is 0.243. The predicted octanol–water partition coefficient (Wildman–Crippen LogP) is 1.22. The zero-order valence-electron chi connectivity index (χ0n) is 5.65. The highest BCUT2D eigenvalue weighted by Crippen LogP contribution is 2.25. The highest BCUT2D eigenvalue weighted by Gasteiger charge is 2.29. The van der Waals surface area contributed by atoms with E-state index in [1.165, 1.54) is 6.92 Å². The van der Waals surface area contributed by atoms with Crippen LogP contribution in [0.25, 0.3) is 0 Å². The summed E-state index contributed by atoms with van der Waals surface area (Å²) in [6.45, 7) is 2.27. The second-order valence-electron chi connectivity index (χ2n) is 2.15. The van der Waals surface area contributed by atoms with Crippen LogP contribution in [0.4, 0.5) is 8.78 Å². The number of nitrogens with zero attached hydrogens (tertiary/aromatic N) is 2. The van der Waals surface area contributed by atoms with Crippen molar-refractivity contribution in [1.82, 2.24) is 15.4 Å². The molecule has 5 heteroatoms. The molecule has 0 bridgehead atoms. The fraction of sp³-hybridized carbons (Fsp3) is 0.600. The number of halogens is 2. The van der Waals surface area contributed by atoms with Gasteiger partial charge in [0, 0.05) is 6.92 Å². The highest BCUT2D eigenvalue weighted by molar-refractivity contribution is 5.10. The monoisotopic (exact) mass is 147 g/mol. The van der Waals surface area contributed by atoms with E-state index in [1.807, 2.05) is 0 Å². The lowest BCUT2D eigenvalue weighted by molar-refractivity contribution is 0.0120. The third-order valence-corrected chi connectivity index (χ3v) is 1.14. The van der Waals surface area contributed by atoms with Crippen LogP contribution in [0.5, 0.6) is 0 Å². The third-order valence-electron chi connectivity index (χ3n) is 1.14. The molecule has 0 aliphatic rings. The van der Waals surface area contributed by atoms with Gasteiger partial charge in [0.1, 0.15) is 0 Å². The molecule has 1 heterocycles. The van der Waals surface area contributed by atoms with E-state index in [4.69, 9.17) is 0 Å². The molecule has 0 atom stereocenters. The average molecular weight is 147 g/mol. The third kappa shape index (κ3) is 1.12. The topological polar surface area (TPSA) is 41.6 Å². The number of aryl methyl sites for hydroxylation is 1. The molecule has 1 aromatic heterocycles. The Balaban J connectivity index is 3.05. The Morgan fingerprint density at radius 3 is 2.20 bits per heavy atom. The van der Waals surface area contributed by atoms with E-state index in [2.05, 4.69) is 15.4 Å². The fourth-order valence-corrected chi connectivity index (χ4v) is 0.700. The van der Waals surface area contributed by atoms with Crippen LogP contribution in [-0.4, -0.2) is 15.4 Å². The second-order valence-corrected chi connectivity index (χ2v) is 2.15. The number of hydrogen-bond acceptors (Lipinski definition) is 2. The standard InChI is InChI=1S/C5H7F2N3/c1-3-4(5(2,6)7)9-10-8-3/h1-2H3,(H,8,9,10). The first-order chi connectivity index (χ1) is 4.52. The molecule has 0 spiro atoms. The van der Waals surface area contributed by atoms with E-state index in [0.29, 0.717) is 0 Å². The molecule has 0 saturated heterocycles. The van der Waals surface area contributed by atoms with Crippen molar-refractivity contribution in [3.8, 4) is 0 Å². The van der Waals surface area contributed by atoms with E-state index in [9.17, 15) is 8.78 Å². The minimum atomic E-state index is -2.89. The second kappa shape index (κ2) is 2.00. The van der Waals surface area contributed by atoms with Gasteiger partial charge in [-0.3, -0.25) is 0 Å². The van der Waals surface area contributed by atoms with Gasteiger partial charge >= 0.3 is 0 Å². The molecule has 10 heavy (non-hydrogen) atoms. The van der Waals surface area contributed by atoms with Gasteiger partial charge in [0.2, 0.25) is 0 Å². The van der Waals surface area contributed by atoms with Crippen molar-refractivity contribution < 1.29 is 8.78 Å². The van der Waals surface area contributed by atoms with Gasteiger partial charge in [0.25, 0.3) is 5.92 Å². The Morgan fingerprint density at radius 2 is 2.00 bits per heavy atom. The van der Waals surface area contributed by atoms with Crippen molar-refractivity contribution in [2.24, 2.45) is 0 Å². The summed E-state index contributed by atoms with van der Waals surface area (Å²) < 4.78 is 24.9. The molecule has 0 aromatic carbocycles. The fourth-order valence-electron chi connectivity index (χ4n) is 0.700. The summed E-state index contributed by atoms with van der Waals surface area (Å²) >= 11 is 0. The summed E-state index contributed by atoms with van der Waals surface area (Å²) in [5.74, 6) is -2.89. The Morgan fingerprint density at radius 1 is 1.40 bits per heavy atom. The van der Waals surface area contributed by atoms with Gasteiger partial charge in [-0.2, -0.15) is 24.2 Å². The molecule has 1 N–H and O–H groups in total. The van der Waals surface area contributed by atoms with E-state index in [-0.39, 0.29) is 11.4 Å². The van der Waals surface area contributed by atoms with Crippen molar-refractivity contribution >= 4 is 0 Å². The minimum Gasteiger partial charge on any atom is -0.200 e. The van der Waals surface area contributed by atoms with Crippen molar-refractivity contribution in [3.63, 3.8) is 0 Å². The molecular formula is C5H7F2N3. The summed E-state index contributed by atoms with van der Waals surface area (Å²) in [4.78, 5) is 0. The van der Waals surface area contributed by atoms with Crippen molar-refractivity contribution in [2.45, 2.75) is 19.8 Å². The van der Waals surface area contributed by atoms with E-state index in [1.54, 1.807) is 0 Å². The van der Waals surface area contributed by atoms with Crippen LogP contribution in [0.2, 0.25) is 0 Å². The first-order valence-electron chi connectivity index (χ1n) is 2.77. The van der Waals surface area contributed by atoms with Crippen LogP contribution in [0, 0.1) is 6.92 Å². The number of H-pyrrole nitrogens is 1. The zero-order valence-corrected chi connectivity index (χ0v) is 5.65. The molecular weight excluding hydrogens is 140 g/mol. The lowest BCUT2D eigenvalue weighted by atomic mass is 10.2. The molecule has 1 aromatic rings. The molecule has 0 aliphatic carbocycles. The highest BCUT2D eigenvalue weighted by atomic mass is 19.3. The average Bonchev–Trinajstić information content (AvgIpc) is 2.11. The Kier molecular flexibility index (Phi) is 1.42. The van der Waals surface area contributed by atoms with Gasteiger partial charge in [0.15, 0.2) is 5.69 Å². The van der Waals surface area contributed by atoms with E-state index < -0.39 is 5.92 Å². The summed E-state index contributed by atoms with van der Waals surface area (Å²) in [6, 6.07) is 0. The van der Waals surface area contributed by atoms with Gasteiger partial charge in [-0.15, -0.1) is 0 Å². The number of rotatable bonds is 1. The van der Waals surface area contributed by atoms with Crippen molar-refractivity contribution in [2.75, 3.05) is 0 Å². The Hall–Kier alpha value is -1.00. The number of alkyl halides is 2. The van der Waals surface area contributed by atoms with Crippen LogP contribution in [0.15, 0.2) is 0 Å². The van der Waals surface area contributed by atoms with E-state index in [0.717, 1.165) is 6.92 Å². The van der Waals surface area contributed by atoms with Crippen molar-refractivity contribution in [3.05, 3.63) is 11.4 Å². The summed E-state index contributed by atoms with van der Waals surface area (Å²) in [7, 11) is 0. The van der Waals surface area contributed by atoms with Gasteiger partial charge in [-0.05, 0) is 6.92 Å². The molecule has 56 valence electrons. The maximum atomic E-state index is 12.4. The van der Waals surface area contributed by atoms with Gasteiger partial charge < -0.3 is 0 Å². The largest absolute Gasteiger partial charge is 0.290 e. The number of aromatic nitrogens is 3. The molecule has 0 fully saturated rings. The van der Waals surface area contributed by atoms with Crippen LogP contribution < -0.4 is 0 Å². The summed E-state index contributed by atoms with van der Waals surface area (Å²) in [6.07, 6.45) is 0. The quantitative estimate of drug-likeness (QED) is 0.649. The normalized spacial score (nSPS) is 12.0.